The van der Waals surface area contributed by atoms with E-state index in [9.17, 15) is 14.4 Å². The summed E-state index contributed by atoms with van der Waals surface area (Å²) in [5.41, 5.74) is -0.268. The van der Waals surface area contributed by atoms with Crippen molar-refractivity contribution in [3.8, 4) is 0 Å². The number of carbonyl (C=O) groups is 3. The Morgan fingerprint density at radius 2 is 1.32 bits per heavy atom. The van der Waals surface area contributed by atoms with E-state index in [1.54, 1.807) is 26.8 Å². The van der Waals surface area contributed by atoms with Crippen LogP contribution in [0.25, 0.3) is 0 Å². The normalized spacial score (nSPS) is 12.3. The predicted molar refractivity (Wildman–Crippen MR) is 155 cm³/mol. The molecule has 1 aromatic carbocycles. The highest BCUT2D eigenvalue weighted by molar-refractivity contribution is 6.44. The zero-order chi connectivity index (χ0) is 27.7. The molecule has 0 saturated heterocycles. The van der Waals surface area contributed by atoms with Crippen LogP contribution in [0.15, 0.2) is 18.2 Å². The number of unbranched alkanes of at least 4 members (excludes halogenated alkanes) is 13. The number of hydrogen-bond acceptors (Lipinski definition) is 4. The zero-order valence-electron chi connectivity index (χ0n) is 23.3. The maximum atomic E-state index is 12.4. The Morgan fingerprint density at radius 1 is 0.838 bits per heavy atom. The van der Waals surface area contributed by atoms with E-state index in [1.807, 2.05) is 0 Å². The summed E-state index contributed by atoms with van der Waals surface area (Å²) in [5.74, 6) is -1.56. The second-order valence-corrected chi connectivity index (χ2v) is 11.7. The second kappa shape index (κ2) is 18.6. The third kappa shape index (κ3) is 14.2. The third-order valence-corrected chi connectivity index (χ3v) is 7.12. The SMILES string of the molecule is CCCCCCCCCCCCCCCCOC(=O)c1ccc(Cl)c(NC(=O)C(Cl)C(=O)C(C)(C)C)c1. The van der Waals surface area contributed by atoms with Crippen molar-refractivity contribution in [3.63, 3.8) is 0 Å². The summed E-state index contributed by atoms with van der Waals surface area (Å²) in [6.07, 6.45) is 17.8. The molecule has 0 aliphatic rings. The van der Waals surface area contributed by atoms with Gasteiger partial charge in [-0.25, -0.2) is 4.79 Å². The van der Waals surface area contributed by atoms with Crippen molar-refractivity contribution in [2.75, 3.05) is 11.9 Å². The quantitative estimate of drug-likeness (QED) is 0.0798. The molecule has 0 bridgehead atoms. The number of amides is 1. The van der Waals surface area contributed by atoms with Crippen LogP contribution in [-0.4, -0.2) is 29.6 Å². The minimum absolute atomic E-state index is 0.213. The van der Waals surface area contributed by atoms with E-state index in [0.29, 0.717) is 6.61 Å². The molecule has 0 aliphatic heterocycles. The number of esters is 1. The summed E-state index contributed by atoms with van der Waals surface area (Å²) in [7, 11) is 0. The summed E-state index contributed by atoms with van der Waals surface area (Å²) in [6.45, 7) is 7.69. The zero-order valence-corrected chi connectivity index (χ0v) is 24.8. The predicted octanol–water partition coefficient (Wildman–Crippen LogP) is 9.14. The number of ketones is 1. The van der Waals surface area contributed by atoms with Gasteiger partial charge in [0, 0.05) is 5.41 Å². The van der Waals surface area contributed by atoms with E-state index >= 15 is 0 Å². The smallest absolute Gasteiger partial charge is 0.338 e. The number of carbonyl (C=O) groups excluding carboxylic acids is 3. The summed E-state index contributed by atoms with van der Waals surface area (Å²) in [4.78, 5) is 37.1. The molecule has 210 valence electrons. The Labute approximate surface area is 234 Å². The van der Waals surface area contributed by atoms with Crippen LogP contribution in [0.1, 0.15) is 128 Å². The van der Waals surface area contributed by atoms with Crippen molar-refractivity contribution in [2.24, 2.45) is 5.41 Å². The monoisotopic (exact) mass is 555 g/mol. The van der Waals surface area contributed by atoms with Crippen LogP contribution >= 0.6 is 23.2 Å². The largest absolute Gasteiger partial charge is 0.462 e. The molecule has 1 atom stereocenters. The molecule has 0 heterocycles. The molecule has 1 rings (SSSR count). The van der Waals surface area contributed by atoms with Crippen molar-refractivity contribution < 1.29 is 19.1 Å². The molecular formula is C30H47Cl2NO4. The van der Waals surface area contributed by atoms with Gasteiger partial charge in [0.05, 0.1) is 22.9 Å². The minimum atomic E-state index is -1.35. The molecule has 1 N–H and O–H groups in total. The van der Waals surface area contributed by atoms with Gasteiger partial charge < -0.3 is 10.1 Å². The molecule has 0 radical (unpaired) electrons. The van der Waals surface area contributed by atoms with Crippen LogP contribution in [0, 0.1) is 5.41 Å². The van der Waals surface area contributed by atoms with Crippen molar-refractivity contribution in [1.82, 2.24) is 0 Å². The molecule has 1 amide bonds. The van der Waals surface area contributed by atoms with Gasteiger partial charge in [0.15, 0.2) is 11.2 Å². The fraction of sp³-hybridized carbons (Fsp3) is 0.700. The average molecular weight is 557 g/mol. The van der Waals surface area contributed by atoms with Crippen LogP contribution in [0.2, 0.25) is 5.02 Å². The van der Waals surface area contributed by atoms with Gasteiger partial charge in [0.1, 0.15) is 0 Å². The van der Waals surface area contributed by atoms with E-state index < -0.39 is 28.5 Å². The lowest BCUT2D eigenvalue weighted by Gasteiger charge is -2.20. The topological polar surface area (TPSA) is 72.5 Å². The Hall–Kier alpha value is -1.59. The fourth-order valence-corrected chi connectivity index (χ4v) is 4.53. The Morgan fingerprint density at radius 3 is 1.81 bits per heavy atom. The Bertz CT molecular complexity index is 835. The van der Waals surface area contributed by atoms with Crippen LogP contribution in [0.3, 0.4) is 0 Å². The molecule has 0 saturated carbocycles. The lowest BCUT2D eigenvalue weighted by molar-refractivity contribution is -0.130. The standard InChI is InChI=1S/C30H47Cl2NO4/c1-5-6-7-8-9-10-11-12-13-14-15-16-17-18-21-37-29(36)23-19-20-24(31)25(22-23)33-28(35)26(32)27(34)30(2,3)4/h19-20,22,26H,5-18,21H2,1-4H3,(H,33,35). The first kappa shape index (κ1) is 33.4. The third-order valence-electron chi connectivity index (χ3n) is 6.39. The average Bonchev–Trinajstić information content (AvgIpc) is 2.85. The van der Waals surface area contributed by atoms with Crippen molar-refractivity contribution in [3.05, 3.63) is 28.8 Å². The summed E-state index contributed by atoms with van der Waals surface area (Å²) in [5, 5.41) is 1.43. The molecule has 0 spiro atoms. The fourth-order valence-electron chi connectivity index (χ4n) is 3.99. The van der Waals surface area contributed by atoms with Crippen LogP contribution < -0.4 is 5.32 Å². The lowest BCUT2D eigenvalue weighted by Crippen LogP contribution is -2.37. The minimum Gasteiger partial charge on any atom is -0.462 e. The molecular weight excluding hydrogens is 509 g/mol. The van der Waals surface area contributed by atoms with Gasteiger partial charge in [-0.15, -0.1) is 11.6 Å². The molecule has 0 aliphatic carbocycles. The highest BCUT2D eigenvalue weighted by Gasteiger charge is 2.33. The Balaban J connectivity index is 2.25. The summed E-state index contributed by atoms with van der Waals surface area (Å²) in [6, 6.07) is 4.50. The molecule has 0 aromatic heterocycles. The summed E-state index contributed by atoms with van der Waals surface area (Å²) < 4.78 is 5.39. The second-order valence-electron chi connectivity index (χ2n) is 10.9. The van der Waals surface area contributed by atoms with E-state index in [4.69, 9.17) is 27.9 Å². The van der Waals surface area contributed by atoms with Crippen molar-refractivity contribution >= 4 is 46.5 Å². The first-order chi connectivity index (χ1) is 17.6. The molecule has 7 heteroatoms. The number of Topliss-reactive ketones (excluding diaryl/α,β-unsaturated/α-hetero) is 1. The van der Waals surface area contributed by atoms with Gasteiger partial charge >= 0.3 is 5.97 Å². The highest BCUT2D eigenvalue weighted by atomic mass is 35.5. The number of hydrogen-bond donors (Lipinski definition) is 1. The van der Waals surface area contributed by atoms with Gasteiger partial charge in [-0.1, -0.05) is 123 Å². The summed E-state index contributed by atoms with van der Waals surface area (Å²) >= 11 is 12.2. The first-order valence-corrected chi connectivity index (χ1v) is 14.8. The number of halogens is 2. The van der Waals surface area contributed by atoms with E-state index in [1.165, 1.54) is 82.8 Å². The van der Waals surface area contributed by atoms with Gasteiger partial charge in [-0.3, -0.25) is 9.59 Å². The number of nitrogens with one attached hydrogen (secondary N) is 1. The number of benzene rings is 1. The molecule has 5 nitrogen and oxygen atoms in total. The molecule has 1 aromatic rings. The molecule has 37 heavy (non-hydrogen) atoms. The lowest BCUT2D eigenvalue weighted by atomic mass is 9.88. The van der Waals surface area contributed by atoms with Crippen molar-refractivity contribution in [1.29, 1.82) is 0 Å². The first-order valence-electron chi connectivity index (χ1n) is 14.0. The highest BCUT2D eigenvalue weighted by Crippen LogP contribution is 2.26. The molecule has 0 fully saturated rings. The number of alkyl halides is 1. The van der Waals surface area contributed by atoms with Gasteiger partial charge in [-0.05, 0) is 24.6 Å². The van der Waals surface area contributed by atoms with Gasteiger partial charge in [0.25, 0.3) is 0 Å². The van der Waals surface area contributed by atoms with E-state index in [0.717, 1.165) is 19.3 Å². The number of ether oxygens (including phenoxy) is 1. The Kier molecular flexibility index (Phi) is 16.8. The maximum Gasteiger partial charge on any atom is 0.338 e. The van der Waals surface area contributed by atoms with Gasteiger partial charge in [-0.2, -0.15) is 0 Å². The maximum absolute atomic E-state index is 12.4. The van der Waals surface area contributed by atoms with E-state index in [-0.39, 0.29) is 16.3 Å². The van der Waals surface area contributed by atoms with Crippen LogP contribution in [0.4, 0.5) is 5.69 Å². The van der Waals surface area contributed by atoms with E-state index in [2.05, 4.69) is 12.2 Å². The van der Waals surface area contributed by atoms with Crippen molar-refractivity contribution in [2.45, 2.75) is 123 Å². The molecule has 1 unspecified atom stereocenters. The number of rotatable bonds is 19. The van der Waals surface area contributed by atoms with Gasteiger partial charge in [0.2, 0.25) is 5.91 Å². The van der Waals surface area contributed by atoms with Crippen LogP contribution in [-0.2, 0) is 14.3 Å². The van der Waals surface area contributed by atoms with Crippen LogP contribution in [0.5, 0.6) is 0 Å². The number of anilines is 1.